The van der Waals surface area contributed by atoms with Crippen molar-refractivity contribution in [1.29, 1.82) is 0 Å². The lowest BCUT2D eigenvalue weighted by Gasteiger charge is -2.29. The Hall–Kier alpha value is -1.44. The zero-order valence-corrected chi connectivity index (χ0v) is 13.3. The van der Waals surface area contributed by atoms with Crippen LogP contribution in [0.2, 0.25) is 5.02 Å². The average molecular weight is 339 g/mol. The predicted octanol–water partition coefficient (Wildman–Crippen LogP) is 3.52. The van der Waals surface area contributed by atoms with Crippen molar-refractivity contribution in [3.63, 3.8) is 0 Å². The third kappa shape index (κ3) is 2.13. The number of aryl methyl sites for hydroxylation is 1. The molecule has 3 nitrogen and oxygen atoms in total. The van der Waals surface area contributed by atoms with Crippen LogP contribution in [0.5, 0.6) is 0 Å². The lowest BCUT2D eigenvalue weighted by Crippen LogP contribution is -2.20. The SMILES string of the molecule is C#Cc1c(Cl)c(C2=C(C)C=C(Br)C(=C)N2C)nn1C. The van der Waals surface area contributed by atoms with Gasteiger partial charge in [-0.25, -0.2) is 0 Å². The van der Waals surface area contributed by atoms with Gasteiger partial charge in [0, 0.05) is 24.3 Å². The number of aromatic nitrogens is 2. The third-order valence-corrected chi connectivity index (χ3v) is 4.13. The molecule has 0 saturated heterocycles. The summed E-state index contributed by atoms with van der Waals surface area (Å²) in [7, 11) is 3.71. The molecule has 0 fully saturated rings. The maximum atomic E-state index is 6.33. The minimum absolute atomic E-state index is 0.491. The second-order valence-corrected chi connectivity index (χ2v) is 5.54. The van der Waals surface area contributed by atoms with Crippen LogP contribution in [0.3, 0.4) is 0 Å². The maximum Gasteiger partial charge on any atom is 0.129 e. The second-order valence-electron chi connectivity index (χ2n) is 4.31. The van der Waals surface area contributed by atoms with E-state index in [0.717, 1.165) is 21.4 Å². The topological polar surface area (TPSA) is 21.1 Å². The first-order valence-electron chi connectivity index (χ1n) is 5.59. The molecule has 5 heteroatoms. The van der Waals surface area contributed by atoms with Crippen LogP contribution in [-0.4, -0.2) is 21.7 Å². The maximum absolute atomic E-state index is 6.33. The van der Waals surface area contributed by atoms with Crippen LogP contribution in [0.1, 0.15) is 18.3 Å². The largest absolute Gasteiger partial charge is 0.342 e. The predicted molar refractivity (Wildman–Crippen MR) is 82.7 cm³/mol. The molecule has 1 aromatic rings. The number of hydrogen-bond acceptors (Lipinski definition) is 2. The summed E-state index contributed by atoms with van der Waals surface area (Å²) in [5.74, 6) is 2.55. The Morgan fingerprint density at radius 2 is 2.11 bits per heavy atom. The van der Waals surface area contributed by atoms with E-state index in [0.29, 0.717) is 16.4 Å². The van der Waals surface area contributed by atoms with Gasteiger partial charge in [-0.1, -0.05) is 18.2 Å². The Morgan fingerprint density at radius 3 is 2.63 bits per heavy atom. The highest BCUT2D eigenvalue weighted by Gasteiger charge is 2.25. The van der Waals surface area contributed by atoms with Crippen molar-refractivity contribution < 1.29 is 0 Å². The average Bonchev–Trinajstić information content (AvgIpc) is 2.62. The smallest absolute Gasteiger partial charge is 0.129 e. The van der Waals surface area contributed by atoms with Crippen molar-refractivity contribution in [1.82, 2.24) is 14.7 Å². The zero-order valence-electron chi connectivity index (χ0n) is 11.0. The summed E-state index contributed by atoms with van der Waals surface area (Å²) >= 11 is 9.81. The van der Waals surface area contributed by atoms with Gasteiger partial charge < -0.3 is 4.90 Å². The van der Waals surface area contributed by atoms with Gasteiger partial charge in [0.2, 0.25) is 0 Å². The van der Waals surface area contributed by atoms with Crippen LogP contribution < -0.4 is 0 Å². The molecule has 98 valence electrons. The van der Waals surface area contributed by atoms with Gasteiger partial charge in [-0.05, 0) is 40.4 Å². The minimum Gasteiger partial charge on any atom is -0.342 e. The summed E-state index contributed by atoms with van der Waals surface area (Å²) in [6.07, 6.45) is 7.45. The van der Waals surface area contributed by atoms with Gasteiger partial charge in [-0.3, -0.25) is 4.68 Å². The van der Waals surface area contributed by atoms with E-state index in [1.807, 2.05) is 24.9 Å². The molecule has 2 rings (SSSR count). The Kier molecular flexibility index (Phi) is 3.62. The van der Waals surface area contributed by atoms with Gasteiger partial charge in [0.15, 0.2) is 0 Å². The van der Waals surface area contributed by atoms with E-state index < -0.39 is 0 Å². The molecule has 0 spiro atoms. The highest BCUT2D eigenvalue weighted by molar-refractivity contribution is 9.12. The van der Waals surface area contributed by atoms with E-state index in [4.69, 9.17) is 18.0 Å². The van der Waals surface area contributed by atoms with Crippen molar-refractivity contribution in [2.45, 2.75) is 6.92 Å². The molecule has 19 heavy (non-hydrogen) atoms. The highest BCUT2D eigenvalue weighted by atomic mass is 79.9. The Balaban J connectivity index is 2.69. The number of halogens is 2. The number of terminal acetylenes is 1. The Labute approximate surface area is 126 Å². The standard InChI is InChI=1S/C14H13BrClN3/c1-6-11-12(16)13(17-19(11)5)14-8(2)7-10(15)9(3)18(14)4/h1,7H,3H2,2,4-5H3. The van der Waals surface area contributed by atoms with Gasteiger partial charge in [-0.2, -0.15) is 5.10 Å². The van der Waals surface area contributed by atoms with Crippen LogP contribution in [0.25, 0.3) is 5.70 Å². The van der Waals surface area contributed by atoms with Crippen molar-refractivity contribution in [3.8, 4) is 12.3 Å². The molecule has 0 aromatic carbocycles. The van der Waals surface area contributed by atoms with Crippen molar-refractivity contribution >= 4 is 33.2 Å². The molecule has 0 radical (unpaired) electrons. The fourth-order valence-corrected chi connectivity index (χ4v) is 2.97. The van der Waals surface area contributed by atoms with E-state index in [2.05, 4.69) is 33.5 Å². The normalized spacial score (nSPS) is 15.7. The van der Waals surface area contributed by atoms with E-state index >= 15 is 0 Å². The summed E-state index contributed by atoms with van der Waals surface area (Å²) in [6, 6.07) is 0. The zero-order chi connectivity index (χ0) is 14.3. The molecule has 0 saturated carbocycles. The van der Waals surface area contributed by atoms with Gasteiger partial charge in [0.1, 0.15) is 16.4 Å². The molecule has 0 atom stereocenters. The number of rotatable bonds is 1. The Morgan fingerprint density at radius 1 is 1.47 bits per heavy atom. The van der Waals surface area contributed by atoms with Gasteiger partial charge in [0.25, 0.3) is 0 Å². The lowest BCUT2D eigenvalue weighted by atomic mass is 10.1. The number of nitrogens with zero attached hydrogens (tertiary/aromatic N) is 3. The van der Waals surface area contributed by atoms with Crippen molar-refractivity contribution in [2.75, 3.05) is 7.05 Å². The summed E-state index contributed by atoms with van der Waals surface area (Å²) in [5.41, 5.74) is 4.06. The van der Waals surface area contributed by atoms with E-state index in [9.17, 15) is 0 Å². The van der Waals surface area contributed by atoms with Gasteiger partial charge in [-0.15, -0.1) is 6.42 Å². The molecule has 1 aromatic heterocycles. The van der Waals surface area contributed by atoms with Gasteiger partial charge >= 0.3 is 0 Å². The van der Waals surface area contributed by atoms with Crippen LogP contribution in [0.15, 0.2) is 28.4 Å². The summed E-state index contributed by atoms with van der Waals surface area (Å²) < 4.78 is 2.56. The quantitative estimate of drug-likeness (QED) is 0.731. The molecule has 1 aliphatic rings. The molecule has 0 aliphatic carbocycles. The second kappa shape index (κ2) is 4.92. The molecular formula is C14H13BrClN3. The van der Waals surface area contributed by atoms with E-state index in [-0.39, 0.29) is 0 Å². The van der Waals surface area contributed by atoms with E-state index in [1.54, 1.807) is 11.7 Å². The molecule has 0 unspecified atom stereocenters. The summed E-state index contributed by atoms with van der Waals surface area (Å²) in [6.45, 7) is 6.02. The first-order chi connectivity index (χ1) is 8.88. The number of hydrogen-bond donors (Lipinski definition) is 0. The fourth-order valence-electron chi connectivity index (χ4n) is 2.05. The lowest BCUT2D eigenvalue weighted by molar-refractivity contribution is 0.601. The van der Waals surface area contributed by atoms with Crippen molar-refractivity contribution in [2.24, 2.45) is 7.05 Å². The van der Waals surface area contributed by atoms with Gasteiger partial charge in [0.05, 0.1) is 5.70 Å². The molecule has 2 heterocycles. The minimum atomic E-state index is 0.491. The first kappa shape index (κ1) is 14.0. The molecular weight excluding hydrogens is 326 g/mol. The fraction of sp³-hybridized carbons (Fsp3) is 0.214. The molecule has 0 N–H and O–H groups in total. The molecule has 0 amide bonds. The first-order valence-corrected chi connectivity index (χ1v) is 6.76. The van der Waals surface area contributed by atoms with Crippen LogP contribution in [0.4, 0.5) is 0 Å². The molecule has 1 aliphatic heterocycles. The number of likely N-dealkylation sites (N-methyl/N-ethyl adjacent to an activating group) is 1. The summed E-state index contributed by atoms with van der Waals surface area (Å²) in [5, 5.41) is 4.91. The molecule has 0 bridgehead atoms. The summed E-state index contributed by atoms with van der Waals surface area (Å²) in [4.78, 5) is 1.95. The third-order valence-electron chi connectivity index (χ3n) is 3.08. The highest BCUT2D eigenvalue weighted by Crippen LogP contribution is 2.38. The van der Waals surface area contributed by atoms with E-state index in [1.165, 1.54) is 0 Å². The number of allylic oxidation sites excluding steroid dienone is 3. The van der Waals surface area contributed by atoms with Crippen LogP contribution in [-0.2, 0) is 7.05 Å². The van der Waals surface area contributed by atoms with Crippen LogP contribution in [0, 0.1) is 12.3 Å². The Bertz CT molecular complexity index is 674. The van der Waals surface area contributed by atoms with Crippen LogP contribution >= 0.6 is 27.5 Å². The monoisotopic (exact) mass is 337 g/mol. The van der Waals surface area contributed by atoms with Crippen molar-refractivity contribution in [3.05, 3.63) is 44.8 Å².